The van der Waals surface area contributed by atoms with Crippen molar-refractivity contribution < 1.29 is 4.74 Å². The summed E-state index contributed by atoms with van der Waals surface area (Å²) in [5.74, 6) is 5.67. The third-order valence-corrected chi connectivity index (χ3v) is 12.0. The van der Waals surface area contributed by atoms with Gasteiger partial charge in [-0.05, 0) is 118 Å². The van der Waals surface area contributed by atoms with Crippen LogP contribution in [-0.4, -0.2) is 49.8 Å². The number of nitrogens with one attached hydrogen (secondary N) is 1. The summed E-state index contributed by atoms with van der Waals surface area (Å²) in [5, 5.41) is 3.59. The highest BCUT2D eigenvalue weighted by molar-refractivity contribution is 5.28. The zero-order chi connectivity index (χ0) is 23.7. The first-order valence-corrected chi connectivity index (χ1v) is 14.9. The summed E-state index contributed by atoms with van der Waals surface area (Å²) in [6.45, 7) is 20.1. The summed E-state index contributed by atoms with van der Waals surface area (Å²) >= 11 is 0. The lowest BCUT2D eigenvalue weighted by Gasteiger charge is -2.41. The molecule has 192 valence electrons. The maximum Gasteiger partial charge on any atom is 0.0501 e. The molecular weight excluding hydrogens is 416 g/mol. The van der Waals surface area contributed by atoms with E-state index in [4.69, 9.17) is 4.74 Å². The van der Waals surface area contributed by atoms with E-state index in [1.165, 1.54) is 84.0 Å². The Labute approximate surface area is 209 Å². The number of piperidine rings is 1. The van der Waals surface area contributed by atoms with E-state index in [0.29, 0.717) is 16.4 Å². The molecule has 2 saturated carbocycles. The maximum atomic E-state index is 5.82. The van der Waals surface area contributed by atoms with Crippen LogP contribution >= 0.6 is 0 Å². The summed E-state index contributed by atoms with van der Waals surface area (Å²) in [6, 6.07) is 0. The van der Waals surface area contributed by atoms with Gasteiger partial charge in [0.15, 0.2) is 0 Å². The molecule has 0 spiro atoms. The van der Waals surface area contributed by atoms with Crippen molar-refractivity contribution in [2.75, 3.05) is 39.4 Å². The van der Waals surface area contributed by atoms with Gasteiger partial charge in [0.05, 0.1) is 13.2 Å². The van der Waals surface area contributed by atoms with Crippen molar-refractivity contribution in [2.45, 2.75) is 97.9 Å². The molecule has 0 aromatic rings. The maximum absolute atomic E-state index is 5.82. The predicted molar refractivity (Wildman–Crippen MR) is 141 cm³/mol. The highest BCUT2D eigenvalue weighted by atomic mass is 16.5. The van der Waals surface area contributed by atoms with E-state index in [9.17, 15) is 0 Å². The van der Waals surface area contributed by atoms with Crippen LogP contribution in [0.3, 0.4) is 0 Å². The van der Waals surface area contributed by atoms with Crippen molar-refractivity contribution in [3.05, 3.63) is 11.1 Å². The van der Waals surface area contributed by atoms with Gasteiger partial charge in [-0.25, -0.2) is 0 Å². The van der Waals surface area contributed by atoms with Crippen LogP contribution in [-0.2, 0) is 4.74 Å². The largest absolute Gasteiger partial charge is 0.381 e. The quantitative estimate of drug-likeness (QED) is 0.285. The van der Waals surface area contributed by atoms with Gasteiger partial charge in [-0.15, -0.1) is 0 Å². The lowest BCUT2D eigenvalue weighted by molar-refractivity contribution is 0.0762. The van der Waals surface area contributed by atoms with Crippen LogP contribution in [0.15, 0.2) is 11.1 Å². The summed E-state index contributed by atoms with van der Waals surface area (Å²) < 4.78 is 5.82. The molecule has 6 aliphatic rings. The lowest BCUT2D eigenvalue weighted by atomic mass is 9.71. The Morgan fingerprint density at radius 1 is 0.765 bits per heavy atom. The number of likely N-dealkylation sites (tertiary alicyclic amines) is 1. The first-order chi connectivity index (χ1) is 16.2. The van der Waals surface area contributed by atoms with Gasteiger partial charge in [0.2, 0.25) is 0 Å². The molecule has 0 bridgehead atoms. The molecule has 3 aliphatic carbocycles. The summed E-state index contributed by atoms with van der Waals surface area (Å²) in [4.78, 5) is 2.82. The molecule has 5 atom stereocenters. The second-order valence-corrected chi connectivity index (χ2v) is 15.0. The molecule has 3 nitrogen and oxygen atoms in total. The Bertz CT molecular complexity index is 778. The first kappa shape index (κ1) is 24.0. The van der Waals surface area contributed by atoms with E-state index in [2.05, 4.69) is 44.8 Å². The Hall–Kier alpha value is -0.380. The molecule has 3 aliphatic heterocycles. The fourth-order valence-electron chi connectivity index (χ4n) is 9.53. The van der Waals surface area contributed by atoms with Crippen molar-refractivity contribution in [1.29, 1.82) is 0 Å². The van der Waals surface area contributed by atoms with Crippen molar-refractivity contribution in [1.82, 2.24) is 10.2 Å². The summed E-state index contributed by atoms with van der Waals surface area (Å²) in [7, 11) is 0. The first-order valence-electron chi connectivity index (χ1n) is 14.9. The lowest BCUT2D eigenvalue weighted by Crippen LogP contribution is -2.44. The molecule has 4 fully saturated rings. The minimum atomic E-state index is 0.325. The van der Waals surface area contributed by atoms with Crippen LogP contribution < -0.4 is 5.32 Å². The average Bonchev–Trinajstić information content (AvgIpc) is 3.27. The molecule has 6 rings (SSSR count). The SMILES string of the molecule is CC(C)(CCCCC(C)(CCC(C)(C)N1CC2=C(CCC2)C1)C1C2COCC21)C1C2CNCC21. The van der Waals surface area contributed by atoms with Gasteiger partial charge in [0.25, 0.3) is 0 Å². The van der Waals surface area contributed by atoms with Gasteiger partial charge in [0.1, 0.15) is 0 Å². The molecular formula is C31H52N2O. The molecule has 0 amide bonds. The highest BCUT2D eigenvalue weighted by Crippen LogP contribution is 2.63. The molecule has 34 heavy (non-hydrogen) atoms. The second-order valence-electron chi connectivity index (χ2n) is 15.0. The van der Waals surface area contributed by atoms with Crippen LogP contribution in [0.5, 0.6) is 0 Å². The minimum absolute atomic E-state index is 0.325. The number of nitrogens with zero attached hydrogens (tertiary/aromatic N) is 1. The summed E-state index contributed by atoms with van der Waals surface area (Å²) in [5.41, 5.74) is 4.97. The second kappa shape index (κ2) is 8.59. The van der Waals surface area contributed by atoms with Gasteiger partial charge in [-0.2, -0.15) is 0 Å². The smallest absolute Gasteiger partial charge is 0.0501 e. The Balaban J connectivity index is 1.03. The van der Waals surface area contributed by atoms with E-state index >= 15 is 0 Å². The number of ether oxygens (including phenoxy) is 1. The van der Waals surface area contributed by atoms with E-state index in [1.807, 2.05) is 0 Å². The molecule has 5 unspecified atom stereocenters. The third kappa shape index (κ3) is 4.24. The number of unbranched alkanes of at least 4 members (excludes halogenated alkanes) is 1. The highest BCUT2D eigenvalue weighted by Gasteiger charge is 2.61. The normalized spacial score (nSPS) is 38.7. The average molecular weight is 469 g/mol. The van der Waals surface area contributed by atoms with Gasteiger partial charge < -0.3 is 10.1 Å². The van der Waals surface area contributed by atoms with Crippen molar-refractivity contribution >= 4 is 0 Å². The van der Waals surface area contributed by atoms with Gasteiger partial charge in [-0.3, -0.25) is 4.90 Å². The van der Waals surface area contributed by atoms with Crippen molar-refractivity contribution in [2.24, 2.45) is 46.3 Å². The number of fused-ring (bicyclic) bond motifs is 2. The van der Waals surface area contributed by atoms with E-state index in [-0.39, 0.29) is 0 Å². The fraction of sp³-hybridized carbons (Fsp3) is 0.935. The molecule has 3 heteroatoms. The van der Waals surface area contributed by atoms with E-state index in [0.717, 1.165) is 48.7 Å². The monoisotopic (exact) mass is 468 g/mol. The van der Waals surface area contributed by atoms with Crippen LogP contribution in [0.25, 0.3) is 0 Å². The Morgan fingerprint density at radius 2 is 1.38 bits per heavy atom. The van der Waals surface area contributed by atoms with Gasteiger partial charge in [0, 0.05) is 18.6 Å². The zero-order valence-electron chi connectivity index (χ0n) is 22.9. The molecule has 0 aromatic heterocycles. The predicted octanol–water partition coefficient (Wildman–Crippen LogP) is 6.29. The number of hydrogen-bond donors (Lipinski definition) is 1. The van der Waals surface area contributed by atoms with Crippen molar-refractivity contribution in [3.8, 4) is 0 Å². The van der Waals surface area contributed by atoms with Gasteiger partial charge in [-0.1, -0.05) is 44.8 Å². The van der Waals surface area contributed by atoms with Crippen LogP contribution in [0.1, 0.15) is 92.4 Å². The third-order valence-electron chi connectivity index (χ3n) is 12.0. The molecule has 0 aromatic carbocycles. The Kier molecular flexibility index (Phi) is 6.06. The van der Waals surface area contributed by atoms with Crippen LogP contribution in [0.2, 0.25) is 0 Å². The van der Waals surface area contributed by atoms with E-state index in [1.54, 1.807) is 11.1 Å². The van der Waals surface area contributed by atoms with Crippen LogP contribution in [0, 0.1) is 46.3 Å². The minimum Gasteiger partial charge on any atom is -0.381 e. The number of hydrogen-bond acceptors (Lipinski definition) is 3. The standard InChI is InChI=1S/C31H52N2O/c1-29(2,27-23-15-32-16-24(23)27)11-6-7-12-31(5,28-25-19-34-20-26(25)28)14-13-30(3,4)33-17-21-9-8-10-22(21)18-33/h23-28,32H,6-20H2,1-5H3. The molecule has 1 N–H and O–H groups in total. The van der Waals surface area contributed by atoms with Gasteiger partial charge >= 0.3 is 0 Å². The molecule has 3 heterocycles. The molecule has 0 radical (unpaired) electrons. The summed E-state index contributed by atoms with van der Waals surface area (Å²) in [6.07, 6.45) is 12.6. The Morgan fingerprint density at radius 3 is 2.03 bits per heavy atom. The van der Waals surface area contributed by atoms with Crippen LogP contribution in [0.4, 0.5) is 0 Å². The number of rotatable bonds is 11. The zero-order valence-corrected chi connectivity index (χ0v) is 22.9. The topological polar surface area (TPSA) is 24.5 Å². The molecule has 2 saturated heterocycles. The van der Waals surface area contributed by atoms with Crippen molar-refractivity contribution in [3.63, 3.8) is 0 Å². The fourth-order valence-corrected chi connectivity index (χ4v) is 9.53. The van der Waals surface area contributed by atoms with E-state index < -0.39 is 0 Å².